The van der Waals surface area contributed by atoms with E-state index in [2.05, 4.69) is 15.3 Å². The first kappa shape index (κ1) is 32.0. The van der Waals surface area contributed by atoms with E-state index in [0.717, 1.165) is 18.2 Å². The first-order chi connectivity index (χ1) is 20.6. The number of aromatic nitrogens is 3. The van der Waals surface area contributed by atoms with Crippen LogP contribution in [0.25, 0.3) is 5.78 Å². The summed E-state index contributed by atoms with van der Waals surface area (Å²) >= 11 is 0. The summed E-state index contributed by atoms with van der Waals surface area (Å²) in [6.07, 6.45) is 5.60. The van der Waals surface area contributed by atoms with Crippen LogP contribution in [0.3, 0.4) is 0 Å². The van der Waals surface area contributed by atoms with E-state index in [9.17, 15) is 23.2 Å². The third-order valence-electron chi connectivity index (χ3n) is 7.98. The number of fused-ring (bicyclic) bond motifs is 1. The quantitative estimate of drug-likeness (QED) is 0.322. The largest absolute Gasteiger partial charge is 0.376 e. The third kappa shape index (κ3) is 7.92. The van der Waals surface area contributed by atoms with Gasteiger partial charge in [0.05, 0.1) is 12.3 Å². The summed E-state index contributed by atoms with van der Waals surface area (Å²) in [7, 11) is 0. The highest BCUT2D eigenvalue weighted by Gasteiger charge is 2.38. The average Bonchev–Trinajstić information content (AvgIpc) is 3.64. The molecule has 0 spiro atoms. The number of imidazole rings is 1. The molecule has 232 valence electrons. The Bertz CT molecular complexity index is 1420. The molecule has 3 amide bonds. The zero-order valence-electron chi connectivity index (χ0n) is 25.1. The number of hydrogen-bond donors (Lipinski definition) is 1. The fourth-order valence-corrected chi connectivity index (χ4v) is 5.28. The van der Waals surface area contributed by atoms with Crippen molar-refractivity contribution < 1.29 is 27.9 Å². The summed E-state index contributed by atoms with van der Waals surface area (Å²) in [5.74, 6) is -1.84. The SMILES string of the molecule is CCO[C@H](C)[C@H](NC(=O)[C@H](C)CC)C(=O)N1CCC[C@H]1CN(CCc1ccc(F)cc1)C(=O)c1cn2cc(F)cnc2n1. The Hall–Kier alpha value is -3.93. The van der Waals surface area contributed by atoms with Gasteiger partial charge in [-0.2, -0.15) is 0 Å². The molecule has 1 N–H and O–H groups in total. The number of benzene rings is 1. The second-order valence-electron chi connectivity index (χ2n) is 11.0. The molecule has 12 heteroatoms. The van der Waals surface area contributed by atoms with E-state index in [1.54, 1.807) is 28.9 Å². The summed E-state index contributed by atoms with van der Waals surface area (Å²) in [5, 5.41) is 2.91. The number of rotatable bonds is 13. The number of amides is 3. The van der Waals surface area contributed by atoms with Gasteiger partial charge in [0.1, 0.15) is 17.6 Å². The van der Waals surface area contributed by atoms with Crippen molar-refractivity contribution in [1.82, 2.24) is 29.5 Å². The fraction of sp³-hybridized carbons (Fsp3) is 0.516. The maximum atomic E-state index is 13.9. The maximum absolute atomic E-state index is 13.9. The number of likely N-dealkylation sites (tertiary alicyclic amines) is 1. The van der Waals surface area contributed by atoms with Crippen molar-refractivity contribution in [3.05, 3.63) is 65.7 Å². The molecule has 43 heavy (non-hydrogen) atoms. The van der Waals surface area contributed by atoms with Gasteiger partial charge in [-0.05, 0) is 57.2 Å². The molecule has 2 aromatic heterocycles. The number of carbonyl (C=O) groups is 3. The first-order valence-electron chi connectivity index (χ1n) is 14.9. The lowest BCUT2D eigenvalue weighted by Crippen LogP contribution is -2.57. The van der Waals surface area contributed by atoms with Crippen LogP contribution in [-0.2, 0) is 20.7 Å². The summed E-state index contributed by atoms with van der Waals surface area (Å²) in [6, 6.07) is 4.89. The Morgan fingerprint density at radius 1 is 1.12 bits per heavy atom. The molecular formula is C31H40F2N6O4. The Kier molecular flexibility index (Phi) is 10.8. The summed E-state index contributed by atoms with van der Waals surface area (Å²) in [4.78, 5) is 52.1. The van der Waals surface area contributed by atoms with Gasteiger partial charge < -0.3 is 19.9 Å². The molecular weight excluding hydrogens is 558 g/mol. The Labute approximate surface area is 250 Å². The highest BCUT2D eigenvalue weighted by molar-refractivity contribution is 5.93. The molecule has 0 unspecified atom stereocenters. The van der Waals surface area contributed by atoms with Gasteiger partial charge in [-0.25, -0.2) is 18.7 Å². The minimum absolute atomic E-state index is 0.0942. The predicted molar refractivity (Wildman–Crippen MR) is 156 cm³/mol. The molecule has 1 saturated heterocycles. The van der Waals surface area contributed by atoms with Gasteiger partial charge in [-0.1, -0.05) is 26.0 Å². The molecule has 1 aromatic carbocycles. The molecule has 0 radical (unpaired) electrons. The van der Waals surface area contributed by atoms with Crippen LogP contribution >= 0.6 is 0 Å². The van der Waals surface area contributed by atoms with Gasteiger partial charge in [0.25, 0.3) is 5.91 Å². The van der Waals surface area contributed by atoms with Crippen LogP contribution in [0.1, 0.15) is 63.0 Å². The van der Waals surface area contributed by atoms with Crippen molar-refractivity contribution in [2.75, 3.05) is 26.2 Å². The van der Waals surface area contributed by atoms with Crippen molar-refractivity contribution >= 4 is 23.5 Å². The van der Waals surface area contributed by atoms with Crippen molar-refractivity contribution in [2.45, 2.75) is 71.6 Å². The van der Waals surface area contributed by atoms with E-state index < -0.39 is 23.9 Å². The van der Waals surface area contributed by atoms with Crippen LogP contribution in [0.5, 0.6) is 0 Å². The molecule has 0 bridgehead atoms. The highest BCUT2D eigenvalue weighted by atomic mass is 19.1. The van der Waals surface area contributed by atoms with Crippen LogP contribution < -0.4 is 5.32 Å². The van der Waals surface area contributed by atoms with E-state index in [1.807, 2.05) is 20.8 Å². The van der Waals surface area contributed by atoms with Crippen LogP contribution in [0.4, 0.5) is 8.78 Å². The molecule has 10 nitrogen and oxygen atoms in total. The van der Waals surface area contributed by atoms with E-state index in [1.165, 1.54) is 28.9 Å². The van der Waals surface area contributed by atoms with Crippen LogP contribution in [0, 0.1) is 17.6 Å². The molecule has 4 atom stereocenters. The van der Waals surface area contributed by atoms with E-state index >= 15 is 0 Å². The smallest absolute Gasteiger partial charge is 0.274 e. The topological polar surface area (TPSA) is 109 Å². The van der Waals surface area contributed by atoms with Crippen molar-refractivity contribution in [3.8, 4) is 0 Å². The van der Waals surface area contributed by atoms with Crippen LogP contribution in [0.15, 0.2) is 42.9 Å². The molecule has 1 aliphatic heterocycles. The molecule has 3 aromatic rings. The Morgan fingerprint density at radius 3 is 2.56 bits per heavy atom. The van der Waals surface area contributed by atoms with Gasteiger partial charge in [0, 0.05) is 50.6 Å². The molecule has 1 aliphatic rings. The lowest BCUT2D eigenvalue weighted by molar-refractivity contribution is -0.142. The number of ether oxygens (including phenoxy) is 1. The zero-order valence-corrected chi connectivity index (χ0v) is 25.1. The number of halogens is 2. The van der Waals surface area contributed by atoms with Crippen LogP contribution in [0.2, 0.25) is 0 Å². The summed E-state index contributed by atoms with van der Waals surface area (Å²) in [5.41, 5.74) is 0.937. The maximum Gasteiger partial charge on any atom is 0.274 e. The molecule has 0 saturated carbocycles. The minimum atomic E-state index is -0.871. The number of nitrogens with one attached hydrogen (secondary N) is 1. The van der Waals surface area contributed by atoms with E-state index in [0.29, 0.717) is 32.4 Å². The molecule has 3 heterocycles. The highest BCUT2D eigenvalue weighted by Crippen LogP contribution is 2.22. The number of carbonyl (C=O) groups excluding carboxylic acids is 3. The van der Waals surface area contributed by atoms with Crippen LogP contribution in [-0.4, -0.2) is 86.3 Å². The lowest BCUT2D eigenvalue weighted by Gasteiger charge is -2.34. The first-order valence-corrected chi connectivity index (χ1v) is 14.9. The second kappa shape index (κ2) is 14.5. The molecule has 1 fully saturated rings. The Balaban J connectivity index is 1.57. The van der Waals surface area contributed by atoms with Crippen molar-refractivity contribution in [1.29, 1.82) is 0 Å². The predicted octanol–water partition coefficient (Wildman–Crippen LogP) is 3.64. The summed E-state index contributed by atoms with van der Waals surface area (Å²) in [6.45, 7) is 8.70. The lowest BCUT2D eigenvalue weighted by atomic mass is 10.1. The number of hydrogen-bond acceptors (Lipinski definition) is 6. The normalized spacial score (nSPS) is 17.1. The van der Waals surface area contributed by atoms with Gasteiger partial charge in [0.15, 0.2) is 5.82 Å². The average molecular weight is 599 g/mol. The standard InChI is InChI=1S/C31H40F2N6O4/c1-5-20(3)28(40)36-27(21(4)43-6-2)30(42)39-14-7-8-25(39)18-37(15-13-22-9-11-23(32)12-10-22)29(41)26-19-38-17-24(33)16-34-31(38)35-26/h9-12,16-17,19-21,25,27H,5-8,13-15,18H2,1-4H3,(H,36,40)/t20-,21-,25+,27+/m1/s1. The van der Waals surface area contributed by atoms with Crippen molar-refractivity contribution in [3.63, 3.8) is 0 Å². The third-order valence-corrected chi connectivity index (χ3v) is 7.98. The van der Waals surface area contributed by atoms with Gasteiger partial charge in [-0.15, -0.1) is 0 Å². The van der Waals surface area contributed by atoms with Gasteiger partial charge in [0.2, 0.25) is 17.6 Å². The fourth-order valence-electron chi connectivity index (χ4n) is 5.28. The monoisotopic (exact) mass is 598 g/mol. The van der Waals surface area contributed by atoms with Crippen molar-refractivity contribution in [2.24, 2.45) is 5.92 Å². The summed E-state index contributed by atoms with van der Waals surface area (Å²) < 4.78 is 34.3. The zero-order chi connectivity index (χ0) is 31.1. The van der Waals surface area contributed by atoms with E-state index in [-0.39, 0.29) is 54.2 Å². The molecule has 0 aliphatic carbocycles. The van der Waals surface area contributed by atoms with E-state index in [4.69, 9.17) is 4.74 Å². The second-order valence-corrected chi connectivity index (χ2v) is 11.0. The van der Waals surface area contributed by atoms with Gasteiger partial charge >= 0.3 is 0 Å². The van der Waals surface area contributed by atoms with Gasteiger partial charge in [-0.3, -0.25) is 18.8 Å². The molecule has 4 rings (SSSR count). The Morgan fingerprint density at radius 2 is 1.86 bits per heavy atom. The number of nitrogens with zero attached hydrogens (tertiary/aromatic N) is 5. The minimum Gasteiger partial charge on any atom is -0.376 e.